The van der Waals surface area contributed by atoms with Crippen LogP contribution in [-0.2, 0) is 5.75 Å². The number of anilines is 1. The summed E-state index contributed by atoms with van der Waals surface area (Å²) in [7, 11) is 0. The highest BCUT2D eigenvalue weighted by Crippen LogP contribution is 2.27. The molecule has 0 fully saturated rings. The third-order valence-electron chi connectivity index (χ3n) is 4.26. The minimum absolute atomic E-state index is 0.223. The first-order chi connectivity index (χ1) is 15.0. The maximum atomic E-state index is 12.5. The van der Waals surface area contributed by atoms with Gasteiger partial charge in [0.2, 0.25) is 5.13 Å². The molecule has 2 aromatic heterocycles. The van der Waals surface area contributed by atoms with Gasteiger partial charge in [-0.05, 0) is 42.0 Å². The highest BCUT2D eigenvalue weighted by Gasteiger charge is 2.13. The summed E-state index contributed by atoms with van der Waals surface area (Å²) in [5.41, 5.74) is 2.60. The van der Waals surface area contributed by atoms with Gasteiger partial charge in [-0.15, -0.1) is 15.3 Å². The first kappa shape index (κ1) is 21.8. The van der Waals surface area contributed by atoms with E-state index in [0.29, 0.717) is 14.6 Å². The molecule has 1 N–H and O–H groups in total. The van der Waals surface area contributed by atoms with E-state index < -0.39 is 0 Å². The van der Waals surface area contributed by atoms with Crippen LogP contribution >= 0.6 is 46.7 Å². The summed E-state index contributed by atoms with van der Waals surface area (Å²) in [6.45, 7) is 4.08. The SMILES string of the molecule is CC(C)c1nnc(NC(=O)c2ccc(-n3nc(SCc4ccccc4)sc3=S)cc2)s1. The number of carbonyl (C=O) groups is 1. The minimum Gasteiger partial charge on any atom is -0.296 e. The standard InChI is InChI=1S/C21H19N5OS4/c1-13(2)18-23-24-19(30-18)22-17(27)15-8-10-16(11-9-15)26-21(28)31-20(25-26)29-12-14-6-4-3-5-7-14/h3-11,13H,12H2,1-2H3,(H,22,24,27). The van der Waals surface area contributed by atoms with Gasteiger partial charge in [0.1, 0.15) is 5.01 Å². The molecule has 31 heavy (non-hydrogen) atoms. The van der Waals surface area contributed by atoms with Crippen molar-refractivity contribution in [1.82, 2.24) is 20.0 Å². The fourth-order valence-electron chi connectivity index (χ4n) is 2.64. The van der Waals surface area contributed by atoms with Crippen molar-refractivity contribution in [2.75, 3.05) is 5.32 Å². The summed E-state index contributed by atoms with van der Waals surface area (Å²) in [6.07, 6.45) is 0. The number of hydrogen-bond donors (Lipinski definition) is 1. The average molecular weight is 486 g/mol. The van der Waals surface area contributed by atoms with E-state index in [1.807, 2.05) is 44.2 Å². The number of hydrogen-bond acceptors (Lipinski definition) is 8. The minimum atomic E-state index is -0.223. The molecule has 158 valence electrons. The van der Waals surface area contributed by atoms with Crippen LogP contribution < -0.4 is 5.32 Å². The second kappa shape index (κ2) is 9.82. The molecule has 0 spiro atoms. The van der Waals surface area contributed by atoms with Gasteiger partial charge in [-0.25, -0.2) is 4.68 Å². The Hall–Kier alpha value is -2.40. The molecule has 10 heteroatoms. The lowest BCUT2D eigenvalue weighted by atomic mass is 10.2. The Morgan fingerprint density at radius 2 is 1.84 bits per heavy atom. The zero-order chi connectivity index (χ0) is 21.8. The molecule has 0 atom stereocenters. The Morgan fingerprint density at radius 1 is 1.10 bits per heavy atom. The zero-order valence-electron chi connectivity index (χ0n) is 16.8. The topological polar surface area (TPSA) is 72.7 Å². The first-order valence-corrected chi connectivity index (χ1v) is 12.5. The van der Waals surface area contributed by atoms with Gasteiger partial charge in [-0.1, -0.05) is 78.6 Å². The third kappa shape index (κ3) is 5.45. The van der Waals surface area contributed by atoms with Crippen molar-refractivity contribution < 1.29 is 4.79 Å². The molecule has 0 aliphatic rings. The molecule has 1 amide bonds. The van der Waals surface area contributed by atoms with E-state index in [1.165, 1.54) is 28.2 Å². The first-order valence-electron chi connectivity index (χ1n) is 9.51. The summed E-state index contributed by atoms with van der Waals surface area (Å²) >= 11 is 10.0. The van der Waals surface area contributed by atoms with Gasteiger partial charge < -0.3 is 0 Å². The quantitative estimate of drug-likeness (QED) is 0.249. The Kier molecular flexibility index (Phi) is 6.91. The van der Waals surface area contributed by atoms with Gasteiger partial charge >= 0.3 is 0 Å². The molecular weight excluding hydrogens is 467 g/mol. The van der Waals surface area contributed by atoms with E-state index in [-0.39, 0.29) is 11.8 Å². The molecule has 0 unspecified atom stereocenters. The zero-order valence-corrected chi connectivity index (χ0v) is 20.1. The van der Waals surface area contributed by atoms with Crippen molar-refractivity contribution in [3.8, 4) is 5.69 Å². The predicted molar refractivity (Wildman–Crippen MR) is 130 cm³/mol. The number of carbonyl (C=O) groups excluding carboxylic acids is 1. The Balaban J connectivity index is 1.43. The van der Waals surface area contributed by atoms with Gasteiger partial charge in [-0.2, -0.15) is 0 Å². The second-order valence-corrected chi connectivity index (χ2v) is 10.8. The summed E-state index contributed by atoms with van der Waals surface area (Å²) in [5.74, 6) is 0.895. The maximum Gasteiger partial charge on any atom is 0.257 e. The second-order valence-electron chi connectivity index (χ2n) is 6.92. The Morgan fingerprint density at radius 3 is 2.52 bits per heavy atom. The molecule has 0 saturated carbocycles. The molecule has 0 aliphatic carbocycles. The van der Waals surface area contributed by atoms with Crippen LogP contribution in [0.15, 0.2) is 58.9 Å². The van der Waals surface area contributed by atoms with Crippen LogP contribution in [0, 0.1) is 3.95 Å². The lowest BCUT2D eigenvalue weighted by Crippen LogP contribution is -2.11. The van der Waals surface area contributed by atoms with E-state index >= 15 is 0 Å². The lowest BCUT2D eigenvalue weighted by Gasteiger charge is -2.04. The Bertz CT molecular complexity index is 1230. The van der Waals surface area contributed by atoms with Gasteiger partial charge in [0, 0.05) is 17.2 Å². The highest BCUT2D eigenvalue weighted by molar-refractivity contribution is 8.00. The van der Waals surface area contributed by atoms with Gasteiger partial charge in [0.05, 0.1) is 5.69 Å². The lowest BCUT2D eigenvalue weighted by molar-refractivity contribution is 0.102. The van der Waals surface area contributed by atoms with Crippen LogP contribution in [0.1, 0.15) is 40.7 Å². The Labute approximate surface area is 197 Å². The van der Waals surface area contributed by atoms with Crippen LogP contribution in [0.5, 0.6) is 0 Å². The molecule has 0 radical (unpaired) electrons. The predicted octanol–water partition coefficient (Wildman–Crippen LogP) is 6.18. The largest absolute Gasteiger partial charge is 0.296 e. The highest BCUT2D eigenvalue weighted by atomic mass is 32.2. The van der Waals surface area contributed by atoms with Crippen molar-refractivity contribution >= 4 is 57.7 Å². The number of nitrogens with one attached hydrogen (secondary N) is 1. The molecule has 4 aromatic rings. The number of rotatable bonds is 7. The van der Waals surface area contributed by atoms with E-state index in [2.05, 4.69) is 32.7 Å². The molecule has 0 bridgehead atoms. The number of amides is 1. The fourth-order valence-corrected chi connectivity index (χ4v) is 5.70. The van der Waals surface area contributed by atoms with E-state index in [0.717, 1.165) is 20.8 Å². The van der Waals surface area contributed by atoms with Crippen LogP contribution in [0.2, 0.25) is 0 Å². The summed E-state index contributed by atoms with van der Waals surface area (Å²) in [4.78, 5) is 12.5. The van der Waals surface area contributed by atoms with Crippen LogP contribution in [0.3, 0.4) is 0 Å². The van der Waals surface area contributed by atoms with Crippen LogP contribution in [-0.4, -0.2) is 25.9 Å². The molecular formula is C21H19N5OS4. The molecule has 4 rings (SSSR count). The number of thioether (sulfide) groups is 1. The van der Waals surface area contributed by atoms with Crippen molar-refractivity contribution in [3.05, 3.63) is 74.7 Å². The summed E-state index contributed by atoms with van der Waals surface area (Å²) in [5, 5.41) is 17.0. The van der Waals surface area contributed by atoms with E-state index in [1.54, 1.807) is 28.6 Å². The average Bonchev–Trinajstić information content (AvgIpc) is 3.40. The van der Waals surface area contributed by atoms with Crippen molar-refractivity contribution in [2.24, 2.45) is 0 Å². The van der Waals surface area contributed by atoms with Gasteiger partial charge in [-0.3, -0.25) is 10.1 Å². The maximum absolute atomic E-state index is 12.5. The number of benzene rings is 2. The summed E-state index contributed by atoms with van der Waals surface area (Å²) < 4.78 is 3.31. The number of nitrogens with zero attached hydrogens (tertiary/aromatic N) is 4. The molecule has 0 aliphatic heterocycles. The molecule has 0 saturated heterocycles. The van der Waals surface area contributed by atoms with Gasteiger partial charge in [0.25, 0.3) is 5.91 Å². The van der Waals surface area contributed by atoms with Gasteiger partial charge in [0.15, 0.2) is 8.29 Å². The summed E-state index contributed by atoms with van der Waals surface area (Å²) in [6, 6.07) is 17.5. The molecule has 2 aromatic carbocycles. The smallest absolute Gasteiger partial charge is 0.257 e. The van der Waals surface area contributed by atoms with Crippen molar-refractivity contribution in [3.63, 3.8) is 0 Å². The monoisotopic (exact) mass is 485 g/mol. The number of aromatic nitrogens is 4. The van der Waals surface area contributed by atoms with E-state index in [9.17, 15) is 4.79 Å². The fraction of sp³-hybridized carbons (Fsp3) is 0.190. The van der Waals surface area contributed by atoms with E-state index in [4.69, 9.17) is 12.2 Å². The molecule has 6 nitrogen and oxygen atoms in total. The van der Waals surface area contributed by atoms with Crippen LogP contribution in [0.25, 0.3) is 5.69 Å². The normalized spacial score (nSPS) is 11.1. The third-order valence-corrected chi connectivity index (χ3v) is 7.84. The van der Waals surface area contributed by atoms with Crippen molar-refractivity contribution in [2.45, 2.75) is 29.9 Å². The van der Waals surface area contributed by atoms with Crippen molar-refractivity contribution in [1.29, 1.82) is 0 Å². The van der Waals surface area contributed by atoms with Crippen LogP contribution in [0.4, 0.5) is 5.13 Å². The molecule has 2 heterocycles.